The lowest BCUT2D eigenvalue weighted by molar-refractivity contribution is 0.209. The van der Waals surface area contributed by atoms with Gasteiger partial charge < -0.3 is 5.11 Å². The van der Waals surface area contributed by atoms with Gasteiger partial charge in [-0.1, -0.05) is 6.08 Å². The highest BCUT2D eigenvalue weighted by Gasteiger charge is 2.16. The number of halogens is 1. The van der Waals surface area contributed by atoms with Gasteiger partial charge in [0.05, 0.1) is 2.88 Å². The van der Waals surface area contributed by atoms with Crippen LogP contribution in [-0.2, 0) is 0 Å². The first-order valence-corrected chi connectivity index (χ1v) is 6.84. The van der Waals surface area contributed by atoms with E-state index >= 15 is 0 Å². The average Bonchev–Trinajstić information content (AvgIpc) is 2.65. The van der Waals surface area contributed by atoms with Crippen LogP contribution in [0.3, 0.4) is 0 Å². The summed E-state index contributed by atoms with van der Waals surface area (Å²) < 4.78 is 1.24. The average molecular weight is 320 g/mol. The lowest BCUT2D eigenvalue weighted by Crippen LogP contribution is -2.03. The molecule has 1 N–H and O–H groups in total. The first kappa shape index (κ1) is 10.6. The molecule has 1 aliphatic rings. The van der Waals surface area contributed by atoms with Crippen LogP contribution < -0.4 is 0 Å². The molecular weight excluding hydrogens is 307 g/mol. The summed E-state index contributed by atoms with van der Waals surface area (Å²) in [5, 5.41) is 12.2. The van der Waals surface area contributed by atoms with Gasteiger partial charge in [0.25, 0.3) is 0 Å². The van der Waals surface area contributed by atoms with Gasteiger partial charge in [-0.2, -0.15) is 0 Å². The second-order valence-corrected chi connectivity index (χ2v) is 6.42. The second-order valence-electron chi connectivity index (χ2n) is 3.61. The fourth-order valence-corrected chi connectivity index (χ4v) is 3.18. The van der Waals surface area contributed by atoms with Crippen LogP contribution in [0.25, 0.3) is 0 Å². The van der Waals surface area contributed by atoms with Gasteiger partial charge in [-0.3, -0.25) is 0 Å². The van der Waals surface area contributed by atoms with Gasteiger partial charge in [0.1, 0.15) is 6.10 Å². The molecular formula is C11H13IOS. The number of allylic oxidation sites excluding steroid dienone is 1. The molecule has 0 saturated heterocycles. The highest BCUT2D eigenvalue weighted by molar-refractivity contribution is 14.1. The number of thiophene rings is 1. The van der Waals surface area contributed by atoms with Crippen molar-refractivity contribution in [2.75, 3.05) is 0 Å². The number of aliphatic hydroxyl groups is 1. The smallest absolute Gasteiger partial charge is 0.101 e. The van der Waals surface area contributed by atoms with Crippen LogP contribution in [0.15, 0.2) is 23.1 Å². The molecule has 0 fully saturated rings. The molecule has 2 rings (SSSR count). The van der Waals surface area contributed by atoms with E-state index in [2.05, 4.69) is 40.1 Å². The van der Waals surface area contributed by atoms with Crippen molar-refractivity contribution < 1.29 is 5.11 Å². The minimum atomic E-state index is -0.352. The van der Waals surface area contributed by atoms with Crippen LogP contribution in [-0.4, -0.2) is 5.11 Å². The zero-order valence-electron chi connectivity index (χ0n) is 7.87. The minimum Gasteiger partial charge on any atom is -0.384 e. The maximum absolute atomic E-state index is 10.1. The van der Waals surface area contributed by atoms with Crippen molar-refractivity contribution in [1.29, 1.82) is 0 Å². The van der Waals surface area contributed by atoms with Crippen molar-refractivity contribution in [1.82, 2.24) is 0 Å². The molecule has 1 aromatic rings. The minimum absolute atomic E-state index is 0.352. The topological polar surface area (TPSA) is 20.2 Å². The molecule has 0 aliphatic heterocycles. The SMILES string of the molecule is OC(C1=CCCCC1)c1csc(I)c1. The van der Waals surface area contributed by atoms with Gasteiger partial charge in [0.15, 0.2) is 0 Å². The first-order chi connectivity index (χ1) is 6.77. The van der Waals surface area contributed by atoms with Crippen molar-refractivity contribution in [3.8, 4) is 0 Å². The molecule has 76 valence electrons. The molecule has 14 heavy (non-hydrogen) atoms. The summed E-state index contributed by atoms with van der Waals surface area (Å²) in [4.78, 5) is 0. The third kappa shape index (κ3) is 2.38. The molecule has 3 heteroatoms. The van der Waals surface area contributed by atoms with Gasteiger partial charge >= 0.3 is 0 Å². The summed E-state index contributed by atoms with van der Waals surface area (Å²) in [5.41, 5.74) is 2.28. The number of aliphatic hydroxyl groups excluding tert-OH is 1. The van der Waals surface area contributed by atoms with Crippen molar-refractivity contribution >= 4 is 33.9 Å². The number of hydrogen-bond acceptors (Lipinski definition) is 2. The summed E-state index contributed by atoms with van der Waals surface area (Å²) in [7, 11) is 0. The van der Waals surface area contributed by atoms with E-state index in [4.69, 9.17) is 0 Å². The molecule has 1 aliphatic carbocycles. The van der Waals surface area contributed by atoms with E-state index < -0.39 is 0 Å². The third-order valence-electron chi connectivity index (χ3n) is 2.58. The summed E-state index contributed by atoms with van der Waals surface area (Å²) in [5.74, 6) is 0. The Labute approximate surface area is 102 Å². The van der Waals surface area contributed by atoms with Gasteiger partial charge in [-0.15, -0.1) is 11.3 Å². The normalized spacial score (nSPS) is 19.1. The molecule has 1 heterocycles. The van der Waals surface area contributed by atoms with Crippen molar-refractivity contribution in [2.45, 2.75) is 31.8 Å². The third-order valence-corrected chi connectivity index (χ3v) is 4.39. The van der Waals surface area contributed by atoms with Crippen LogP contribution in [0.2, 0.25) is 0 Å². The zero-order chi connectivity index (χ0) is 9.97. The predicted molar refractivity (Wildman–Crippen MR) is 68.5 cm³/mol. The monoisotopic (exact) mass is 320 g/mol. The molecule has 1 unspecified atom stereocenters. The number of rotatable bonds is 2. The van der Waals surface area contributed by atoms with E-state index in [1.165, 1.54) is 21.3 Å². The standard InChI is InChI=1S/C11H13IOS/c12-10-6-9(7-14-10)11(13)8-4-2-1-3-5-8/h4,6-7,11,13H,1-3,5H2. The Morgan fingerprint density at radius 1 is 1.43 bits per heavy atom. The Morgan fingerprint density at radius 3 is 2.86 bits per heavy atom. The maximum Gasteiger partial charge on any atom is 0.101 e. The highest BCUT2D eigenvalue weighted by atomic mass is 127. The van der Waals surface area contributed by atoms with Crippen molar-refractivity contribution in [2.24, 2.45) is 0 Å². The van der Waals surface area contributed by atoms with Crippen LogP contribution in [0, 0.1) is 2.88 Å². The molecule has 0 bridgehead atoms. The molecule has 1 atom stereocenters. The fraction of sp³-hybridized carbons (Fsp3) is 0.455. The molecule has 1 aromatic heterocycles. The van der Waals surface area contributed by atoms with Gasteiger partial charge in [0.2, 0.25) is 0 Å². The van der Waals surface area contributed by atoms with Crippen molar-refractivity contribution in [3.05, 3.63) is 31.5 Å². The summed E-state index contributed by atoms with van der Waals surface area (Å²) in [6.45, 7) is 0. The van der Waals surface area contributed by atoms with Gasteiger partial charge in [0, 0.05) is 0 Å². The molecule has 0 amide bonds. The van der Waals surface area contributed by atoms with Crippen LogP contribution >= 0.6 is 33.9 Å². The molecule has 0 saturated carbocycles. The predicted octanol–water partition coefficient (Wildman–Crippen LogP) is 3.89. The Kier molecular flexibility index (Phi) is 3.62. The summed E-state index contributed by atoms with van der Waals surface area (Å²) >= 11 is 3.99. The van der Waals surface area contributed by atoms with E-state index in [9.17, 15) is 5.11 Å². The summed E-state index contributed by atoms with van der Waals surface area (Å²) in [6.07, 6.45) is 6.55. The molecule has 0 aromatic carbocycles. The lowest BCUT2D eigenvalue weighted by atomic mass is 9.93. The van der Waals surface area contributed by atoms with Crippen LogP contribution in [0.5, 0.6) is 0 Å². The quantitative estimate of drug-likeness (QED) is 0.647. The Morgan fingerprint density at radius 2 is 2.29 bits per heavy atom. The van der Waals surface area contributed by atoms with Gasteiger partial charge in [-0.05, 0) is 70.9 Å². The summed E-state index contributed by atoms with van der Waals surface area (Å²) in [6, 6.07) is 2.07. The van der Waals surface area contributed by atoms with E-state index in [-0.39, 0.29) is 6.10 Å². The van der Waals surface area contributed by atoms with Gasteiger partial charge in [-0.25, -0.2) is 0 Å². The fourth-order valence-electron chi connectivity index (χ4n) is 1.79. The highest BCUT2D eigenvalue weighted by Crippen LogP contribution is 2.32. The maximum atomic E-state index is 10.1. The largest absolute Gasteiger partial charge is 0.384 e. The molecule has 1 nitrogen and oxygen atoms in total. The lowest BCUT2D eigenvalue weighted by Gasteiger charge is -2.17. The molecule has 0 spiro atoms. The Hall–Kier alpha value is 0.130. The van der Waals surface area contributed by atoms with Crippen LogP contribution in [0.1, 0.15) is 37.4 Å². The Balaban J connectivity index is 2.14. The second kappa shape index (κ2) is 4.77. The molecule has 0 radical (unpaired) electrons. The van der Waals surface area contributed by atoms with Crippen molar-refractivity contribution in [3.63, 3.8) is 0 Å². The number of hydrogen-bond donors (Lipinski definition) is 1. The van der Waals surface area contributed by atoms with E-state index in [1.807, 2.05) is 0 Å². The van der Waals surface area contributed by atoms with E-state index in [0.29, 0.717) is 0 Å². The Bertz CT molecular complexity index is 343. The zero-order valence-corrected chi connectivity index (χ0v) is 10.8. The van der Waals surface area contributed by atoms with E-state index in [1.54, 1.807) is 11.3 Å². The van der Waals surface area contributed by atoms with Crippen LogP contribution in [0.4, 0.5) is 0 Å². The van der Waals surface area contributed by atoms with E-state index in [0.717, 1.165) is 18.4 Å². The first-order valence-electron chi connectivity index (χ1n) is 4.88.